The third-order valence-electron chi connectivity index (χ3n) is 2.01. The molecule has 1 atom stereocenters. The van der Waals surface area contributed by atoms with Crippen molar-refractivity contribution in [3.63, 3.8) is 0 Å². The molecule has 17 heavy (non-hydrogen) atoms. The third kappa shape index (κ3) is 3.94. The van der Waals surface area contributed by atoms with E-state index in [9.17, 15) is 18.0 Å². The van der Waals surface area contributed by atoms with Gasteiger partial charge in [0.2, 0.25) is 5.91 Å². The largest absolute Gasteiger partial charge is 0.416 e. The number of amides is 1. The van der Waals surface area contributed by atoms with Crippen molar-refractivity contribution in [3.8, 4) is 0 Å². The Labute approximate surface area is 102 Å². The number of benzene rings is 1. The molecule has 1 aromatic carbocycles. The monoisotopic (exact) mass is 264 g/mol. The average molecular weight is 264 g/mol. The van der Waals surface area contributed by atoms with Crippen LogP contribution in [0.4, 0.5) is 18.9 Å². The smallest absolute Gasteiger partial charge is 0.325 e. The Morgan fingerprint density at radius 3 is 2.29 bits per heavy atom. The Morgan fingerprint density at radius 2 is 1.88 bits per heavy atom. The number of thiol groups is 1. The van der Waals surface area contributed by atoms with Gasteiger partial charge in [0.1, 0.15) is 0 Å². The van der Waals surface area contributed by atoms with Gasteiger partial charge in [-0.1, -0.05) is 0 Å². The number of halogens is 3. The number of nitrogens with two attached hydrogens (primary N) is 1. The van der Waals surface area contributed by atoms with Crippen molar-refractivity contribution in [1.82, 2.24) is 0 Å². The Hall–Kier alpha value is -1.21. The first-order valence-electron chi connectivity index (χ1n) is 4.69. The van der Waals surface area contributed by atoms with Gasteiger partial charge in [-0.25, -0.2) is 0 Å². The van der Waals surface area contributed by atoms with Crippen molar-refractivity contribution < 1.29 is 18.0 Å². The van der Waals surface area contributed by atoms with Crippen LogP contribution >= 0.6 is 12.6 Å². The van der Waals surface area contributed by atoms with Crippen LogP contribution in [0, 0.1) is 0 Å². The van der Waals surface area contributed by atoms with Crippen LogP contribution in [0.1, 0.15) is 5.56 Å². The molecule has 7 heteroatoms. The molecule has 0 spiro atoms. The zero-order valence-corrected chi connectivity index (χ0v) is 9.55. The van der Waals surface area contributed by atoms with Crippen LogP contribution < -0.4 is 11.1 Å². The molecule has 0 fully saturated rings. The average Bonchev–Trinajstić information content (AvgIpc) is 2.27. The van der Waals surface area contributed by atoms with E-state index in [2.05, 4.69) is 17.9 Å². The summed E-state index contributed by atoms with van der Waals surface area (Å²) in [6, 6.07) is 3.34. The molecule has 0 aliphatic carbocycles. The highest BCUT2D eigenvalue weighted by Gasteiger charge is 2.30. The van der Waals surface area contributed by atoms with Gasteiger partial charge in [0.15, 0.2) is 0 Å². The van der Waals surface area contributed by atoms with E-state index >= 15 is 0 Å². The van der Waals surface area contributed by atoms with E-state index < -0.39 is 23.7 Å². The maximum Gasteiger partial charge on any atom is 0.416 e. The molecule has 94 valence electrons. The van der Waals surface area contributed by atoms with Gasteiger partial charge in [0.25, 0.3) is 0 Å². The molecule has 0 bridgehead atoms. The number of carbonyl (C=O) groups excluding carboxylic acids is 1. The van der Waals surface area contributed by atoms with Crippen molar-refractivity contribution in [3.05, 3.63) is 29.8 Å². The molecule has 1 unspecified atom stereocenters. The van der Waals surface area contributed by atoms with Crippen LogP contribution in [0.15, 0.2) is 24.3 Å². The molecule has 3 N–H and O–H groups in total. The van der Waals surface area contributed by atoms with Crippen LogP contribution in [0.3, 0.4) is 0 Å². The molecule has 1 aromatic rings. The molecule has 0 aromatic heterocycles. The lowest BCUT2D eigenvalue weighted by atomic mass is 10.2. The van der Waals surface area contributed by atoms with Crippen molar-refractivity contribution in [2.75, 3.05) is 11.1 Å². The van der Waals surface area contributed by atoms with Gasteiger partial charge < -0.3 is 11.1 Å². The van der Waals surface area contributed by atoms with Crippen molar-refractivity contribution in [1.29, 1.82) is 0 Å². The maximum atomic E-state index is 12.2. The molecule has 0 aliphatic heterocycles. The molecule has 0 radical (unpaired) electrons. The lowest BCUT2D eigenvalue weighted by molar-refractivity contribution is -0.137. The SMILES string of the molecule is NC(CS)C(=O)Nc1ccc(C(F)(F)F)cc1. The van der Waals surface area contributed by atoms with E-state index in [0.717, 1.165) is 12.1 Å². The molecule has 0 saturated carbocycles. The summed E-state index contributed by atoms with van der Waals surface area (Å²) in [7, 11) is 0. The van der Waals surface area contributed by atoms with E-state index in [0.29, 0.717) is 0 Å². The fourth-order valence-electron chi connectivity index (χ4n) is 1.06. The molecular weight excluding hydrogens is 253 g/mol. The topological polar surface area (TPSA) is 55.1 Å². The number of hydrogen-bond acceptors (Lipinski definition) is 3. The number of nitrogens with one attached hydrogen (secondary N) is 1. The second-order valence-corrected chi connectivity index (χ2v) is 3.72. The first-order valence-corrected chi connectivity index (χ1v) is 5.32. The fourth-order valence-corrected chi connectivity index (χ4v) is 1.23. The minimum absolute atomic E-state index is 0.159. The van der Waals surface area contributed by atoms with Crippen LogP contribution in [-0.4, -0.2) is 17.7 Å². The number of rotatable bonds is 3. The standard InChI is InChI=1S/C10H11F3N2OS/c11-10(12,13)6-1-3-7(4-2-6)15-9(16)8(14)5-17/h1-4,8,17H,5,14H2,(H,15,16). The zero-order valence-electron chi connectivity index (χ0n) is 8.66. The molecular formula is C10H11F3N2OS. The summed E-state index contributed by atoms with van der Waals surface area (Å²) in [5.74, 6) is -0.327. The normalized spacial score (nSPS) is 13.2. The fraction of sp³-hybridized carbons (Fsp3) is 0.300. The number of anilines is 1. The van der Waals surface area contributed by atoms with Crippen molar-refractivity contribution in [2.45, 2.75) is 12.2 Å². The predicted octanol–water partition coefficient (Wildman–Crippen LogP) is 1.90. The second-order valence-electron chi connectivity index (χ2n) is 3.35. The number of alkyl halides is 3. The maximum absolute atomic E-state index is 12.2. The van der Waals surface area contributed by atoms with Crippen LogP contribution in [-0.2, 0) is 11.0 Å². The van der Waals surface area contributed by atoms with Crippen molar-refractivity contribution >= 4 is 24.2 Å². The van der Waals surface area contributed by atoms with Gasteiger partial charge in [-0.05, 0) is 24.3 Å². The lowest BCUT2D eigenvalue weighted by Crippen LogP contribution is -2.37. The van der Waals surface area contributed by atoms with E-state index in [1.54, 1.807) is 0 Å². The molecule has 0 aliphatic rings. The Morgan fingerprint density at radius 1 is 1.35 bits per heavy atom. The van der Waals surface area contributed by atoms with E-state index in [4.69, 9.17) is 5.73 Å². The van der Waals surface area contributed by atoms with Crippen molar-refractivity contribution in [2.24, 2.45) is 5.73 Å². The van der Waals surface area contributed by atoms with Crippen LogP contribution in [0.5, 0.6) is 0 Å². The third-order valence-corrected chi connectivity index (χ3v) is 2.41. The number of hydrogen-bond donors (Lipinski definition) is 3. The van der Waals surface area contributed by atoms with E-state index in [1.807, 2.05) is 0 Å². The molecule has 1 rings (SSSR count). The summed E-state index contributed by atoms with van der Waals surface area (Å²) in [4.78, 5) is 11.3. The summed E-state index contributed by atoms with van der Waals surface area (Å²) in [6.45, 7) is 0. The van der Waals surface area contributed by atoms with Crippen LogP contribution in [0.25, 0.3) is 0 Å². The highest BCUT2D eigenvalue weighted by molar-refractivity contribution is 7.80. The highest BCUT2D eigenvalue weighted by atomic mass is 32.1. The Kier molecular flexibility index (Phi) is 4.41. The van der Waals surface area contributed by atoms with Gasteiger partial charge in [0.05, 0.1) is 11.6 Å². The molecule has 3 nitrogen and oxygen atoms in total. The molecule has 0 heterocycles. The quantitative estimate of drug-likeness (QED) is 0.730. The summed E-state index contributed by atoms with van der Waals surface area (Å²) >= 11 is 3.84. The zero-order chi connectivity index (χ0) is 13.1. The lowest BCUT2D eigenvalue weighted by Gasteiger charge is -2.11. The first kappa shape index (κ1) is 13.9. The summed E-state index contributed by atoms with van der Waals surface area (Å²) in [5, 5.41) is 2.39. The van der Waals surface area contributed by atoms with Gasteiger partial charge in [-0.2, -0.15) is 25.8 Å². The van der Waals surface area contributed by atoms with Crippen LogP contribution in [0.2, 0.25) is 0 Å². The number of carbonyl (C=O) groups is 1. The van der Waals surface area contributed by atoms with Gasteiger partial charge in [-0.3, -0.25) is 4.79 Å². The summed E-state index contributed by atoms with van der Waals surface area (Å²) < 4.78 is 36.7. The minimum atomic E-state index is -4.38. The van der Waals surface area contributed by atoms with Gasteiger partial charge >= 0.3 is 6.18 Å². The Balaban J connectivity index is 2.73. The predicted molar refractivity (Wildman–Crippen MR) is 61.9 cm³/mol. The molecule has 1 amide bonds. The molecule has 0 saturated heterocycles. The second kappa shape index (κ2) is 5.42. The van der Waals surface area contributed by atoms with Gasteiger partial charge in [0, 0.05) is 11.4 Å². The minimum Gasteiger partial charge on any atom is -0.325 e. The Bertz CT molecular complexity index is 392. The van der Waals surface area contributed by atoms with Gasteiger partial charge in [-0.15, -0.1) is 0 Å². The summed E-state index contributed by atoms with van der Waals surface area (Å²) in [5.41, 5.74) is 4.89. The van der Waals surface area contributed by atoms with E-state index in [1.165, 1.54) is 12.1 Å². The highest BCUT2D eigenvalue weighted by Crippen LogP contribution is 2.29. The summed E-state index contributed by atoms with van der Waals surface area (Å²) in [6.07, 6.45) is -4.38. The first-order chi connectivity index (χ1) is 7.84. The van der Waals surface area contributed by atoms with E-state index in [-0.39, 0.29) is 11.4 Å².